The highest BCUT2D eigenvalue weighted by Crippen LogP contribution is 2.47. The number of amides is 2. The highest BCUT2D eigenvalue weighted by molar-refractivity contribution is 7.22. The van der Waals surface area contributed by atoms with Gasteiger partial charge >= 0.3 is 24.4 Å². The fourth-order valence-electron chi connectivity index (χ4n) is 8.94. The fraction of sp³-hybridized carbons (Fsp3) is 0.575. The van der Waals surface area contributed by atoms with E-state index in [-0.39, 0.29) is 77.3 Å². The molecule has 4 aromatic rings. The maximum atomic E-state index is 17.4. The molecular weight excluding hydrogens is 805 g/mol. The number of nitrogens with zero attached hydrogens (tertiary/aromatic N) is 6. The summed E-state index contributed by atoms with van der Waals surface area (Å²) >= 11 is 0.649. The standard InChI is InChI=1S/C40H45F6N7O5S/c1-37(2,3)57-35(54)50-34-48-30-23(10-11-26(42)31(30)59-34)27-25(40(44,45)46)14-24-29(28(27)43)47-33(56-19-39-12-7-13-52(39)16-20(41)15-39)49-32(24)51-17-21-8-9-22(18-51)53(21)36(55)58-38(4,5)6/h10-11,14,20-22H,7-9,12-13,15-19H2,1-6H3,(H,48,50,54)/t20-,21?,22?,39+/m1/s1. The van der Waals surface area contributed by atoms with Gasteiger partial charge in [0.1, 0.15) is 41.1 Å². The smallest absolute Gasteiger partial charge is 0.417 e. The van der Waals surface area contributed by atoms with Crippen molar-refractivity contribution in [1.82, 2.24) is 24.8 Å². The summed E-state index contributed by atoms with van der Waals surface area (Å²) in [5.74, 6) is -2.26. The largest absolute Gasteiger partial charge is 0.461 e. The van der Waals surface area contributed by atoms with Crippen LogP contribution >= 0.6 is 11.3 Å². The van der Waals surface area contributed by atoms with Gasteiger partial charge in [-0.2, -0.15) is 23.1 Å². The number of benzene rings is 2. The third-order valence-electron chi connectivity index (χ3n) is 11.2. The Hall–Kier alpha value is -4.65. The van der Waals surface area contributed by atoms with Crippen LogP contribution in [-0.4, -0.2) is 105 Å². The molecule has 0 saturated carbocycles. The van der Waals surface area contributed by atoms with Gasteiger partial charge < -0.3 is 19.1 Å². The summed E-state index contributed by atoms with van der Waals surface area (Å²) in [5, 5.41) is 1.94. The molecule has 4 aliphatic heterocycles. The minimum Gasteiger partial charge on any atom is -0.461 e. The highest BCUT2D eigenvalue weighted by atomic mass is 32.1. The Kier molecular flexibility index (Phi) is 10.1. The van der Waals surface area contributed by atoms with Crippen molar-refractivity contribution in [3.63, 3.8) is 0 Å². The molecular formula is C40H45F6N7O5S. The van der Waals surface area contributed by atoms with Gasteiger partial charge in [0.15, 0.2) is 10.9 Å². The summed E-state index contributed by atoms with van der Waals surface area (Å²) in [7, 11) is 0. The van der Waals surface area contributed by atoms with Crippen molar-refractivity contribution in [2.45, 2.75) is 115 Å². The van der Waals surface area contributed by atoms with Crippen LogP contribution in [0.1, 0.15) is 79.2 Å². The van der Waals surface area contributed by atoms with Gasteiger partial charge in [0, 0.05) is 42.6 Å². The average Bonchev–Trinajstić information content (AvgIpc) is 3.85. The van der Waals surface area contributed by atoms with E-state index in [2.05, 4.69) is 20.3 Å². The zero-order valence-corrected chi connectivity index (χ0v) is 34.3. The molecule has 0 radical (unpaired) electrons. The average molecular weight is 850 g/mol. The van der Waals surface area contributed by atoms with Crippen molar-refractivity contribution in [1.29, 1.82) is 0 Å². The molecule has 2 aromatic carbocycles. The number of hydrogen-bond donors (Lipinski definition) is 1. The van der Waals surface area contributed by atoms with Crippen LogP contribution in [0.3, 0.4) is 0 Å². The maximum Gasteiger partial charge on any atom is 0.417 e. The van der Waals surface area contributed by atoms with Crippen LogP contribution in [0.4, 0.5) is 46.9 Å². The highest BCUT2D eigenvalue weighted by Gasteiger charge is 2.50. The van der Waals surface area contributed by atoms with E-state index in [4.69, 9.17) is 14.2 Å². The number of fused-ring (bicyclic) bond motifs is 5. The van der Waals surface area contributed by atoms with Crippen molar-refractivity contribution in [2.75, 3.05) is 43.0 Å². The number of aromatic nitrogens is 3. The third kappa shape index (κ3) is 7.91. The van der Waals surface area contributed by atoms with Gasteiger partial charge in [-0.25, -0.2) is 27.7 Å². The number of piperazine rings is 1. The first-order chi connectivity index (χ1) is 27.6. The quantitative estimate of drug-likeness (QED) is 0.188. The van der Waals surface area contributed by atoms with E-state index < -0.39 is 75.1 Å². The molecule has 59 heavy (non-hydrogen) atoms. The second-order valence-electron chi connectivity index (χ2n) is 17.8. The van der Waals surface area contributed by atoms with Crippen LogP contribution in [0.2, 0.25) is 0 Å². The number of halogens is 6. The number of nitrogens with one attached hydrogen (secondary N) is 1. The number of rotatable bonds is 6. The number of carbonyl (C=O) groups excluding carboxylic acids is 2. The summed E-state index contributed by atoms with van der Waals surface area (Å²) in [5.41, 5.74) is -5.84. The normalized spacial score (nSPS) is 23.6. The first-order valence-corrected chi connectivity index (χ1v) is 20.4. The molecule has 12 nitrogen and oxygen atoms in total. The van der Waals surface area contributed by atoms with Crippen molar-refractivity contribution < 1.29 is 50.1 Å². The number of thiazole rings is 1. The Morgan fingerprint density at radius 1 is 0.949 bits per heavy atom. The molecule has 6 heterocycles. The van der Waals surface area contributed by atoms with Gasteiger partial charge in [0.05, 0.1) is 33.4 Å². The minimum absolute atomic E-state index is 0.0287. The Labute approximate surface area is 340 Å². The number of alkyl halides is 4. The van der Waals surface area contributed by atoms with E-state index in [0.717, 1.165) is 24.6 Å². The molecule has 1 N–H and O–H groups in total. The molecule has 4 saturated heterocycles. The molecule has 2 bridgehead atoms. The van der Waals surface area contributed by atoms with E-state index >= 15 is 22.0 Å². The van der Waals surface area contributed by atoms with Crippen molar-refractivity contribution in [2.24, 2.45) is 0 Å². The van der Waals surface area contributed by atoms with Crippen LogP contribution < -0.4 is 15.0 Å². The molecule has 19 heteroatoms. The van der Waals surface area contributed by atoms with E-state index in [0.29, 0.717) is 37.1 Å². The zero-order valence-electron chi connectivity index (χ0n) is 33.4. The van der Waals surface area contributed by atoms with E-state index in [1.165, 1.54) is 0 Å². The van der Waals surface area contributed by atoms with Gasteiger partial charge in [0.2, 0.25) is 0 Å². The van der Waals surface area contributed by atoms with Crippen molar-refractivity contribution in [3.05, 3.63) is 35.4 Å². The predicted octanol–water partition coefficient (Wildman–Crippen LogP) is 9.09. The van der Waals surface area contributed by atoms with E-state index in [1.807, 2.05) is 4.90 Å². The Morgan fingerprint density at radius 2 is 1.64 bits per heavy atom. The summed E-state index contributed by atoms with van der Waals surface area (Å²) in [6, 6.07) is 1.61. The molecule has 318 valence electrons. The Bertz CT molecular complexity index is 2320. The first-order valence-electron chi connectivity index (χ1n) is 19.6. The maximum absolute atomic E-state index is 17.4. The zero-order chi connectivity index (χ0) is 42.4. The summed E-state index contributed by atoms with van der Waals surface area (Å²) < 4.78 is 110. The third-order valence-corrected chi connectivity index (χ3v) is 12.2. The van der Waals surface area contributed by atoms with E-state index in [9.17, 15) is 14.0 Å². The lowest BCUT2D eigenvalue weighted by Crippen LogP contribution is -2.57. The summed E-state index contributed by atoms with van der Waals surface area (Å²) in [4.78, 5) is 44.5. The van der Waals surface area contributed by atoms with Crippen LogP contribution in [0.5, 0.6) is 6.01 Å². The van der Waals surface area contributed by atoms with Gasteiger partial charge in [0.25, 0.3) is 0 Å². The number of ether oxygens (including phenoxy) is 3. The molecule has 2 unspecified atom stereocenters. The van der Waals surface area contributed by atoms with Gasteiger partial charge in [-0.15, -0.1) is 0 Å². The lowest BCUT2D eigenvalue weighted by atomic mass is 9.94. The second kappa shape index (κ2) is 14.5. The van der Waals surface area contributed by atoms with Crippen LogP contribution in [0.25, 0.3) is 32.2 Å². The fourth-order valence-corrected chi connectivity index (χ4v) is 9.82. The molecule has 8 rings (SSSR count). The lowest BCUT2D eigenvalue weighted by molar-refractivity contribution is -0.137. The second-order valence-corrected chi connectivity index (χ2v) is 18.8. The first kappa shape index (κ1) is 41.1. The molecule has 0 aliphatic carbocycles. The van der Waals surface area contributed by atoms with Crippen LogP contribution in [0.15, 0.2) is 18.2 Å². The predicted molar refractivity (Wildman–Crippen MR) is 209 cm³/mol. The molecule has 2 amide bonds. The molecule has 0 spiro atoms. The van der Waals surface area contributed by atoms with Crippen molar-refractivity contribution in [3.8, 4) is 17.1 Å². The van der Waals surface area contributed by atoms with E-state index in [1.54, 1.807) is 51.3 Å². The minimum atomic E-state index is -5.14. The SMILES string of the molecule is CC(C)(C)OC(=O)Nc1nc2c(-c3c(C(F)(F)F)cc4c(N5CC6CCC(C5)N6C(=O)OC(C)(C)C)nc(OC[C@@]56CCCN5C[C@H](F)C6)nc4c3F)ccc(F)c2s1. The van der Waals surface area contributed by atoms with Gasteiger partial charge in [-0.3, -0.25) is 15.1 Å². The lowest BCUT2D eigenvalue weighted by Gasteiger charge is -2.42. The Morgan fingerprint density at radius 3 is 2.31 bits per heavy atom. The van der Waals surface area contributed by atoms with Gasteiger partial charge in [-0.05, 0) is 92.0 Å². The van der Waals surface area contributed by atoms with Gasteiger partial charge in [-0.1, -0.05) is 11.3 Å². The summed E-state index contributed by atoms with van der Waals surface area (Å²) in [6.07, 6.45) is -4.76. The molecule has 4 fully saturated rings. The summed E-state index contributed by atoms with van der Waals surface area (Å²) in [6.45, 7) is 11.3. The topological polar surface area (TPSA) is 122 Å². The number of anilines is 2. The molecule has 4 aliphatic rings. The van der Waals surface area contributed by atoms with Crippen molar-refractivity contribution >= 4 is 55.6 Å². The monoisotopic (exact) mass is 849 g/mol. The Balaban J connectivity index is 1.26. The number of hydrogen-bond acceptors (Lipinski definition) is 11. The molecule has 2 aromatic heterocycles. The van der Waals surface area contributed by atoms with Crippen LogP contribution in [-0.2, 0) is 15.7 Å². The van der Waals surface area contributed by atoms with Crippen LogP contribution in [0, 0.1) is 11.6 Å². The molecule has 4 atom stereocenters. The number of carbonyl (C=O) groups is 2.